The molecule has 0 aromatic heterocycles. The van der Waals surface area contributed by atoms with E-state index in [0.29, 0.717) is 6.04 Å². The molecule has 0 aliphatic carbocycles. The number of hydrogen-bond acceptors (Lipinski definition) is 2. The Morgan fingerprint density at radius 3 is 2.71 bits per heavy atom. The normalized spacial score (nSPS) is 23.4. The minimum absolute atomic E-state index is 0.236. The van der Waals surface area contributed by atoms with Gasteiger partial charge in [0.2, 0.25) is 5.91 Å². The predicted molar refractivity (Wildman–Crippen MR) is 58.2 cm³/mol. The SMILES string of the molecule is CCN(CC)CC1CCCCC(=O)N1. The van der Waals surface area contributed by atoms with Crippen LogP contribution in [0.3, 0.4) is 0 Å². The Morgan fingerprint density at radius 1 is 1.36 bits per heavy atom. The van der Waals surface area contributed by atoms with Crippen LogP contribution < -0.4 is 5.32 Å². The molecule has 82 valence electrons. The molecular formula is C11H22N2O. The number of hydrogen-bond donors (Lipinski definition) is 1. The molecule has 1 saturated heterocycles. The van der Waals surface area contributed by atoms with Crippen LogP contribution in [-0.4, -0.2) is 36.5 Å². The molecule has 0 saturated carbocycles. The monoisotopic (exact) mass is 198 g/mol. The molecule has 0 spiro atoms. The molecule has 1 aliphatic rings. The first-order valence-electron chi connectivity index (χ1n) is 5.78. The minimum Gasteiger partial charge on any atom is -0.352 e. The summed E-state index contributed by atoms with van der Waals surface area (Å²) in [5.41, 5.74) is 0. The summed E-state index contributed by atoms with van der Waals surface area (Å²) in [7, 11) is 0. The smallest absolute Gasteiger partial charge is 0.220 e. The van der Waals surface area contributed by atoms with Crippen molar-refractivity contribution in [2.75, 3.05) is 19.6 Å². The maximum Gasteiger partial charge on any atom is 0.220 e. The summed E-state index contributed by atoms with van der Waals surface area (Å²) >= 11 is 0. The Hall–Kier alpha value is -0.570. The zero-order chi connectivity index (χ0) is 10.4. The van der Waals surface area contributed by atoms with Crippen LogP contribution in [0.25, 0.3) is 0 Å². The van der Waals surface area contributed by atoms with E-state index in [4.69, 9.17) is 0 Å². The topological polar surface area (TPSA) is 32.3 Å². The van der Waals surface area contributed by atoms with E-state index in [2.05, 4.69) is 24.1 Å². The van der Waals surface area contributed by atoms with Crippen LogP contribution in [-0.2, 0) is 4.79 Å². The summed E-state index contributed by atoms with van der Waals surface area (Å²) in [4.78, 5) is 13.7. The fraction of sp³-hybridized carbons (Fsp3) is 0.909. The quantitative estimate of drug-likeness (QED) is 0.740. The molecule has 3 nitrogen and oxygen atoms in total. The van der Waals surface area contributed by atoms with E-state index in [0.717, 1.165) is 38.9 Å². The molecular weight excluding hydrogens is 176 g/mol. The van der Waals surface area contributed by atoms with Gasteiger partial charge in [0.05, 0.1) is 0 Å². The molecule has 0 aromatic rings. The van der Waals surface area contributed by atoms with Crippen molar-refractivity contribution in [3.63, 3.8) is 0 Å². The average Bonchev–Trinajstić information content (AvgIpc) is 2.39. The lowest BCUT2D eigenvalue weighted by atomic mass is 10.1. The van der Waals surface area contributed by atoms with Gasteiger partial charge < -0.3 is 10.2 Å². The van der Waals surface area contributed by atoms with Crippen molar-refractivity contribution in [1.29, 1.82) is 0 Å². The van der Waals surface area contributed by atoms with Crippen molar-refractivity contribution in [3.8, 4) is 0 Å². The van der Waals surface area contributed by atoms with Crippen LogP contribution in [0.1, 0.15) is 39.5 Å². The van der Waals surface area contributed by atoms with E-state index < -0.39 is 0 Å². The van der Waals surface area contributed by atoms with E-state index >= 15 is 0 Å². The summed E-state index contributed by atoms with van der Waals surface area (Å²) in [6.45, 7) is 7.49. The van der Waals surface area contributed by atoms with Crippen molar-refractivity contribution in [1.82, 2.24) is 10.2 Å². The third-order valence-electron chi connectivity index (χ3n) is 2.94. The van der Waals surface area contributed by atoms with Crippen LogP contribution in [0.5, 0.6) is 0 Å². The highest BCUT2D eigenvalue weighted by Gasteiger charge is 2.17. The molecule has 0 radical (unpaired) electrons. The van der Waals surface area contributed by atoms with E-state index in [1.807, 2.05) is 0 Å². The van der Waals surface area contributed by atoms with Gasteiger partial charge in [-0.1, -0.05) is 20.3 Å². The first kappa shape index (κ1) is 11.5. The molecule has 1 heterocycles. The number of nitrogens with zero attached hydrogens (tertiary/aromatic N) is 1. The highest BCUT2D eigenvalue weighted by Crippen LogP contribution is 2.10. The van der Waals surface area contributed by atoms with Crippen molar-refractivity contribution in [2.24, 2.45) is 0 Å². The lowest BCUT2D eigenvalue weighted by molar-refractivity contribution is -0.121. The molecule has 1 amide bonds. The highest BCUT2D eigenvalue weighted by atomic mass is 16.1. The average molecular weight is 198 g/mol. The predicted octanol–water partition coefficient (Wildman–Crippen LogP) is 1.39. The maximum absolute atomic E-state index is 11.3. The van der Waals surface area contributed by atoms with Gasteiger partial charge in [0.25, 0.3) is 0 Å². The second kappa shape index (κ2) is 6.02. The van der Waals surface area contributed by atoms with E-state index in [9.17, 15) is 4.79 Å². The van der Waals surface area contributed by atoms with Gasteiger partial charge in [0, 0.05) is 19.0 Å². The van der Waals surface area contributed by atoms with Gasteiger partial charge >= 0.3 is 0 Å². The summed E-state index contributed by atoms with van der Waals surface area (Å²) < 4.78 is 0. The van der Waals surface area contributed by atoms with E-state index in [1.165, 1.54) is 6.42 Å². The molecule has 1 fully saturated rings. The van der Waals surface area contributed by atoms with Crippen LogP contribution >= 0.6 is 0 Å². The van der Waals surface area contributed by atoms with Crippen LogP contribution in [0.4, 0.5) is 0 Å². The number of carbonyl (C=O) groups is 1. The second-order valence-electron chi connectivity index (χ2n) is 4.00. The molecule has 3 heteroatoms. The Balaban J connectivity index is 2.37. The van der Waals surface area contributed by atoms with Gasteiger partial charge in [-0.2, -0.15) is 0 Å². The van der Waals surface area contributed by atoms with Gasteiger partial charge in [0.15, 0.2) is 0 Å². The molecule has 1 unspecified atom stereocenters. The first-order chi connectivity index (χ1) is 6.76. The molecule has 0 bridgehead atoms. The fourth-order valence-corrected chi connectivity index (χ4v) is 1.98. The van der Waals surface area contributed by atoms with Crippen molar-refractivity contribution < 1.29 is 4.79 Å². The fourth-order valence-electron chi connectivity index (χ4n) is 1.98. The Morgan fingerprint density at radius 2 is 2.07 bits per heavy atom. The standard InChI is InChI=1S/C11H22N2O/c1-3-13(4-2)9-10-7-5-6-8-11(14)12-10/h10H,3-9H2,1-2H3,(H,12,14). The van der Waals surface area contributed by atoms with E-state index in [1.54, 1.807) is 0 Å². The van der Waals surface area contributed by atoms with Gasteiger partial charge in [0.1, 0.15) is 0 Å². The van der Waals surface area contributed by atoms with Crippen LogP contribution in [0.2, 0.25) is 0 Å². The summed E-state index contributed by atoms with van der Waals surface area (Å²) in [5.74, 6) is 0.236. The van der Waals surface area contributed by atoms with Crippen LogP contribution in [0, 0.1) is 0 Å². The molecule has 14 heavy (non-hydrogen) atoms. The lowest BCUT2D eigenvalue weighted by Crippen LogP contribution is -2.42. The molecule has 1 N–H and O–H groups in total. The Labute approximate surface area is 86.9 Å². The zero-order valence-electron chi connectivity index (χ0n) is 9.38. The summed E-state index contributed by atoms with van der Waals surface area (Å²) in [6.07, 6.45) is 4.10. The van der Waals surface area contributed by atoms with E-state index in [-0.39, 0.29) is 5.91 Å². The van der Waals surface area contributed by atoms with Gasteiger partial charge in [-0.25, -0.2) is 0 Å². The molecule has 0 aromatic carbocycles. The van der Waals surface area contributed by atoms with Crippen molar-refractivity contribution in [2.45, 2.75) is 45.6 Å². The number of amides is 1. The maximum atomic E-state index is 11.3. The third-order valence-corrected chi connectivity index (χ3v) is 2.94. The number of likely N-dealkylation sites (N-methyl/N-ethyl adjacent to an activating group) is 1. The largest absolute Gasteiger partial charge is 0.352 e. The van der Waals surface area contributed by atoms with Crippen molar-refractivity contribution in [3.05, 3.63) is 0 Å². The number of rotatable bonds is 4. The second-order valence-corrected chi connectivity index (χ2v) is 4.00. The molecule has 1 aliphatic heterocycles. The number of nitrogens with one attached hydrogen (secondary N) is 1. The van der Waals surface area contributed by atoms with Gasteiger partial charge in [-0.05, 0) is 25.9 Å². The van der Waals surface area contributed by atoms with Crippen LogP contribution in [0.15, 0.2) is 0 Å². The van der Waals surface area contributed by atoms with Crippen molar-refractivity contribution >= 4 is 5.91 Å². The summed E-state index contributed by atoms with van der Waals surface area (Å²) in [6, 6.07) is 0.380. The number of carbonyl (C=O) groups excluding carboxylic acids is 1. The Kier molecular flexibility index (Phi) is 4.94. The van der Waals surface area contributed by atoms with Gasteiger partial charge in [-0.15, -0.1) is 0 Å². The Bertz CT molecular complexity index is 178. The highest BCUT2D eigenvalue weighted by molar-refractivity contribution is 5.76. The first-order valence-corrected chi connectivity index (χ1v) is 5.78. The molecule has 1 atom stereocenters. The van der Waals surface area contributed by atoms with Gasteiger partial charge in [-0.3, -0.25) is 4.79 Å². The molecule has 1 rings (SSSR count). The lowest BCUT2D eigenvalue weighted by Gasteiger charge is -2.24. The third kappa shape index (κ3) is 3.66. The summed E-state index contributed by atoms with van der Waals surface area (Å²) in [5, 5.41) is 3.10. The zero-order valence-corrected chi connectivity index (χ0v) is 9.38. The minimum atomic E-state index is 0.236.